The molecule has 0 radical (unpaired) electrons. The van der Waals surface area contributed by atoms with Crippen molar-refractivity contribution in [3.63, 3.8) is 0 Å². The van der Waals surface area contributed by atoms with Crippen molar-refractivity contribution in [2.24, 2.45) is 0 Å². The minimum absolute atomic E-state index is 0.128. The lowest BCUT2D eigenvalue weighted by atomic mass is 10.0. The molecule has 3 heterocycles. The van der Waals surface area contributed by atoms with E-state index < -0.39 is 0 Å². The van der Waals surface area contributed by atoms with Crippen molar-refractivity contribution >= 4 is 11.5 Å². The second-order valence-electron chi connectivity index (χ2n) is 8.29. The third-order valence-corrected chi connectivity index (χ3v) is 4.97. The van der Waals surface area contributed by atoms with Crippen molar-refractivity contribution in [3.05, 3.63) is 48.2 Å². The van der Waals surface area contributed by atoms with Gasteiger partial charge in [0.15, 0.2) is 5.65 Å². The Morgan fingerprint density at radius 1 is 1.18 bits per heavy atom. The zero-order valence-electron chi connectivity index (χ0n) is 16.9. The van der Waals surface area contributed by atoms with Crippen LogP contribution in [-0.2, 0) is 4.74 Å². The van der Waals surface area contributed by atoms with Gasteiger partial charge >= 0.3 is 0 Å². The fraction of sp³-hybridized carbons (Fsp3) is 0.455. The van der Waals surface area contributed by atoms with E-state index in [9.17, 15) is 0 Å². The highest BCUT2D eigenvalue weighted by Gasteiger charge is 2.16. The van der Waals surface area contributed by atoms with E-state index in [1.807, 2.05) is 22.8 Å². The predicted molar refractivity (Wildman–Crippen MR) is 113 cm³/mol. The van der Waals surface area contributed by atoms with Gasteiger partial charge in [0.2, 0.25) is 0 Å². The lowest BCUT2D eigenvalue weighted by Crippen LogP contribution is -2.23. The Hall–Kier alpha value is -2.44. The lowest BCUT2D eigenvalue weighted by molar-refractivity contribution is 0.00330. The molecule has 6 nitrogen and oxygen atoms in total. The Morgan fingerprint density at radius 3 is 2.71 bits per heavy atom. The number of anilines is 1. The molecule has 0 saturated carbocycles. The van der Waals surface area contributed by atoms with Gasteiger partial charge in [-0.15, -0.1) is 5.10 Å². The highest BCUT2D eigenvalue weighted by atomic mass is 16.5. The normalized spacial score (nSPS) is 17.3. The van der Waals surface area contributed by atoms with Gasteiger partial charge < -0.3 is 15.4 Å². The van der Waals surface area contributed by atoms with Gasteiger partial charge in [-0.25, -0.2) is 9.50 Å². The summed E-state index contributed by atoms with van der Waals surface area (Å²) in [6, 6.07) is 13.2. The quantitative estimate of drug-likeness (QED) is 0.633. The number of imidazole rings is 1. The van der Waals surface area contributed by atoms with E-state index in [-0.39, 0.29) is 5.60 Å². The van der Waals surface area contributed by atoms with E-state index >= 15 is 0 Å². The molecule has 0 spiro atoms. The molecular formula is C22H29N5O. The smallest absolute Gasteiger partial charge is 0.154 e. The van der Waals surface area contributed by atoms with Crippen LogP contribution in [0.4, 0.5) is 5.82 Å². The maximum atomic E-state index is 5.76. The summed E-state index contributed by atoms with van der Waals surface area (Å²) in [5.74, 6) is 0.816. The molecule has 0 amide bonds. The summed E-state index contributed by atoms with van der Waals surface area (Å²) in [6.07, 6.45) is 4.35. The van der Waals surface area contributed by atoms with Crippen LogP contribution in [-0.4, -0.2) is 39.9 Å². The zero-order chi connectivity index (χ0) is 19.6. The molecule has 2 N–H and O–H groups in total. The van der Waals surface area contributed by atoms with E-state index in [4.69, 9.17) is 9.84 Å². The molecule has 4 rings (SSSR count). The first-order valence-corrected chi connectivity index (χ1v) is 10.1. The summed E-state index contributed by atoms with van der Waals surface area (Å²) in [7, 11) is 0. The average molecular weight is 380 g/mol. The highest BCUT2D eigenvalue weighted by Crippen LogP contribution is 2.26. The molecule has 1 aromatic carbocycles. The zero-order valence-corrected chi connectivity index (χ0v) is 16.9. The number of aromatic nitrogens is 3. The summed E-state index contributed by atoms with van der Waals surface area (Å²) < 4.78 is 7.65. The van der Waals surface area contributed by atoms with E-state index in [1.54, 1.807) is 0 Å². The Morgan fingerprint density at radius 2 is 2.00 bits per heavy atom. The fourth-order valence-electron chi connectivity index (χ4n) is 3.56. The van der Waals surface area contributed by atoms with Crippen molar-refractivity contribution in [2.75, 3.05) is 25.0 Å². The molecule has 1 aliphatic heterocycles. The van der Waals surface area contributed by atoms with Gasteiger partial charge in [-0.1, -0.05) is 24.3 Å². The first-order valence-electron chi connectivity index (χ1n) is 10.1. The molecule has 2 aromatic heterocycles. The fourth-order valence-corrected chi connectivity index (χ4v) is 3.56. The third-order valence-electron chi connectivity index (χ3n) is 4.97. The van der Waals surface area contributed by atoms with Gasteiger partial charge in [-0.2, -0.15) is 0 Å². The first-order chi connectivity index (χ1) is 13.5. The van der Waals surface area contributed by atoms with E-state index in [2.05, 4.69) is 60.7 Å². The molecule has 3 aromatic rings. The SMILES string of the molecule is CC(C)(C)OCCNc1ccc2ncc(-c3ccc(C4CCCN4)cc3)n2n1. The first kappa shape index (κ1) is 18.9. The minimum Gasteiger partial charge on any atom is -0.374 e. The Labute approximate surface area is 166 Å². The number of hydrogen-bond acceptors (Lipinski definition) is 5. The van der Waals surface area contributed by atoms with Crippen molar-refractivity contribution in [1.29, 1.82) is 0 Å². The van der Waals surface area contributed by atoms with Crippen molar-refractivity contribution in [3.8, 4) is 11.3 Å². The maximum Gasteiger partial charge on any atom is 0.154 e. The Kier molecular flexibility index (Phi) is 5.33. The molecule has 28 heavy (non-hydrogen) atoms. The summed E-state index contributed by atoms with van der Waals surface area (Å²) in [6.45, 7) is 8.63. The van der Waals surface area contributed by atoms with Crippen LogP contribution in [0.15, 0.2) is 42.6 Å². The highest BCUT2D eigenvalue weighted by molar-refractivity contribution is 5.64. The van der Waals surface area contributed by atoms with Crippen LogP contribution in [0, 0.1) is 0 Å². The monoisotopic (exact) mass is 379 g/mol. The van der Waals surface area contributed by atoms with Gasteiger partial charge in [0, 0.05) is 18.2 Å². The average Bonchev–Trinajstić information content (AvgIpc) is 3.34. The second-order valence-corrected chi connectivity index (χ2v) is 8.29. The molecule has 1 saturated heterocycles. The van der Waals surface area contributed by atoms with Gasteiger partial charge in [0.25, 0.3) is 0 Å². The number of rotatable bonds is 6. The number of nitrogens with one attached hydrogen (secondary N) is 2. The molecule has 0 bridgehead atoms. The van der Waals surface area contributed by atoms with Crippen molar-refractivity contribution < 1.29 is 4.74 Å². The molecule has 1 atom stereocenters. The third kappa shape index (κ3) is 4.34. The second kappa shape index (κ2) is 7.89. The number of fused-ring (bicyclic) bond motifs is 1. The molecule has 148 valence electrons. The summed E-state index contributed by atoms with van der Waals surface area (Å²) in [5, 5.41) is 11.6. The summed E-state index contributed by atoms with van der Waals surface area (Å²) in [4.78, 5) is 4.50. The number of hydrogen-bond donors (Lipinski definition) is 2. The van der Waals surface area contributed by atoms with Crippen LogP contribution < -0.4 is 10.6 Å². The van der Waals surface area contributed by atoms with Crippen LogP contribution in [0.1, 0.15) is 45.2 Å². The topological polar surface area (TPSA) is 63.5 Å². The van der Waals surface area contributed by atoms with Gasteiger partial charge in [0.1, 0.15) is 5.82 Å². The number of benzene rings is 1. The Balaban J connectivity index is 1.49. The molecule has 1 fully saturated rings. The molecule has 0 aliphatic carbocycles. The summed E-state index contributed by atoms with van der Waals surface area (Å²) in [5.41, 5.74) is 4.18. The van der Waals surface area contributed by atoms with Crippen LogP contribution in [0.2, 0.25) is 0 Å². The summed E-state index contributed by atoms with van der Waals surface area (Å²) >= 11 is 0. The van der Waals surface area contributed by atoms with Crippen molar-refractivity contribution in [2.45, 2.75) is 45.3 Å². The van der Waals surface area contributed by atoms with Gasteiger partial charge in [0.05, 0.1) is 24.1 Å². The predicted octanol–water partition coefficient (Wildman–Crippen LogP) is 4.05. The largest absolute Gasteiger partial charge is 0.374 e. The molecular weight excluding hydrogens is 350 g/mol. The van der Waals surface area contributed by atoms with Gasteiger partial charge in [-0.3, -0.25) is 0 Å². The van der Waals surface area contributed by atoms with Gasteiger partial charge in [-0.05, 0) is 57.9 Å². The minimum atomic E-state index is -0.128. The van der Waals surface area contributed by atoms with Crippen LogP contribution >= 0.6 is 0 Å². The van der Waals surface area contributed by atoms with E-state index in [0.717, 1.165) is 29.3 Å². The van der Waals surface area contributed by atoms with E-state index in [0.29, 0.717) is 19.2 Å². The molecule has 1 unspecified atom stereocenters. The van der Waals surface area contributed by atoms with Crippen LogP contribution in [0.5, 0.6) is 0 Å². The maximum absolute atomic E-state index is 5.76. The standard InChI is InChI=1S/C22H29N5O/c1-22(2,3)28-14-13-24-20-10-11-21-25-15-19(27(21)26-20)17-8-6-16(7-9-17)18-5-4-12-23-18/h6-11,15,18,23H,4-5,12-14H2,1-3H3,(H,24,26). The molecule has 6 heteroatoms. The molecule has 1 aliphatic rings. The van der Waals surface area contributed by atoms with Crippen LogP contribution in [0.25, 0.3) is 16.9 Å². The van der Waals surface area contributed by atoms with E-state index in [1.165, 1.54) is 18.4 Å². The lowest BCUT2D eigenvalue weighted by Gasteiger charge is -2.19. The number of ether oxygens (including phenoxy) is 1. The number of nitrogens with zero attached hydrogens (tertiary/aromatic N) is 3. The van der Waals surface area contributed by atoms with Crippen molar-refractivity contribution in [1.82, 2.24) is 19.9 Å². The Bertz CT molecular complexity index is 920. The van der Waals surface area contributed by atoms with Crippen LogP contribution in [0.3, 0.4) is 0 Å².